The first-order chi connectivity index (χ1) is 7.20. The molecule has 1 amide bonds. The summed E-state index contributed by atoms with van der Waals surface area (Å²) in [6, 6.07) is 0. The van der Waals surface area contributed by atoms with Crippen LogP contribution in [0.2, 0.25) is 0 Å². The van der Waals surface area contributed by atoms with Gasteiger partial charge in [0.15, 0.2) is 5.69 Å². The Bertz CT molecular complexity index is 332. The van der Waals surface area contributed by atoms with Gasteiger partial charge in [-0.1, -0.05) is 0 Å². The van der Waals surface area contributed by atoms with Crippen molar-refractivity contribution >= 4 is 5.91 Å². The molecule has 1 aromatic rings. The third kappa shape index (κ3) is 2.31. The molecule has 1 fully saturated rings. The lowest BCUT2D eigenvalue weighted by molar-refractivity contribution is 0.0264. The summed E-state index contributed by atoms with van der Waals surface area (Å²) in [6.45, 7) is 0.946. The quantitative estimate of drug-likeness (QED) is 0.577. The van der Waals surface area contributed by atoms with Gasteiger partial charge in [-0.15, -0.1) is 0 Å². The number of amides is 1. The molecule has 2 rings (SSSR count). The minimum atomic E-state index is -0.945. The van der Waals surface area contributed by atoms with Crippen LogP contribution < -0.4 is 5.32 Å². The van der Waals surface area contributed by atoms with Gasteiger partial charge in [0.2, 0.25) is 0 Å². The fraction of sp³-hybridized carbons (Fsp3) is 0.625. The lowest BCUT2D eigenvalue weighted by Gasteiger charge is -2.19. The van der Waals surface area contributed by atoms with E-state index in [1.165, 1.54) is 6.20 Å². The van der Waals surface area contributed by atoms with Gasteiger partial charge in [-0.2, -0.15) is 15.4 Å². The number of carbonyl (C=O) groups is 1. The number of aliphatic hydroxyl groups is 1. The van der Waals surface area contributed by atoms with Crippen molar-refractivity contribution < 1.29 is 14.6 Å². The van der Waals surface area contributed by atoms with Crippen LogP contribution in [0, 0.1) is 0 Å². The second kappa shape index (κ2) is 3.95. The molecule has 1 aliphatic heterocycles. The molecule has 0 aliphatic carbocycles. The minimum absolute atomic E-state index is 0.165. The van der Waals surface area contributed by atoms with Crippen LogP contribution in [0.3, 0.4) is 0 Å². The summed E-state index contributed by atoms with van der Waals surface area (Å²) in [4.78, 5) is 11.4. The van der Waals surface area contributed by atoms with E-state index in [1.54, 1.807) is 0 Å². The third-order valence-electron chi connectivity index (χ3n) is 2.31. The maximum atomic E-state index is 11.4. The number of carbonyl (C=O) groups excluding carboxylic acids is 1. The smallest absolute Gasteiger partial charge is 0.273 e. The van der Waals surface area contributed by atoms with Crippen molar-refractivity contribution in [1.82, 2.24) is 20.7 Å². The Hall–Kier alpha value is -1.47. The zero-order valence-electron chi connectivity index (χ0n) is 8.06. The highest BCUT2D eigenvalue weighted by molar-refractivity contribution is 5.91. The minimum Gasteiger partial charge on any atom is -0.386 e. The highest BCUT2D eigenvalue weighted by Crippen LogP contribution is 2.16. The Morgan fingerprint density at radius 1 is 1.80 bits per heavy atom. The number of aromatic nitrogens is 3. The second-order valence-corrected chi connectivity index (χ2v) is 3.56. The topological polar surface area (TPSA) is 100 Å². The van der Waals surface area contributed by atoms with E-state index in [0.717, 1.165) is 0 Å². The number of H-pyrrole nitrogens is 1. The summed E-state index contributed by atoms with van der Waals surface area (Å²) < 4.78 is 5.05. The Kier molecular flexibility index (Phi) is 2.65. The summed E-state index contributed by atoms with van der Waals surface area (Å²) >= 11 is 0. The average Bonchev–Trinajstić information content (AvgIpc) is 2.85. The van der Waals surface area contributed by atoms with E-state index in [1.807, 2.05) is 0 Å². The molecule has 7 nitrogen and oxygen atoms in total. The number of hydrogen-bond donors (Lipinski definition) is 3. The van der Waals surface area contributed by atoms with Gasteiger partial charge < -0.3 is 15.2 Å². The molecule has 0 bridgehead atoms. The van der Waals surface area contributed by atoms with Gasteiger partial charge in [0.1, 0.15) is 5.60 Å². The highest BCUT2D eigenvalue weighted by Gasteiger charge is 2.32. The third-order valence-corrected chi connectivity index (χ3v) is 2.31. The number of nitrogens with zero attached hydrogens (tertiary/aromatic N) is 2. The molecular formula is C8H12N4O3. The van der Waals surface area contributed by atoms with E-state index < -0.39 is 5.60 Å². The predicted molar refractivity (Wildman–Crippen MR) is 49.1 cm³/mol. The molecule has 3 N–H and O–H groups in total. The molecule has 1 aromatic heterocycles. The Morgan fingerprint density at radius 3 is 3.27 bits per heavy atom. The number of aromatic amines is 1. The van der Waals surface area contributed by atoms with Crippen LogP contribution in [-0.2, 0) is 4.74 Å². The lowest BCUT2D eigenvalue weighted by atomic mass is 10.0. The van der Waals surface area contributed by atoms with Crippen molar-refractivity contribution in [1.29, 1.82) is 0 Å². The first-order valence-electron chi connectivity index (χ1n) is 4.64. The van der Waals surface area contributed by atoms with E-state index in [9.17, 15) is 9.90 Å². The number of hydrogen-bond acceptors (Lipinski definition) is 5. The molecule has 7 heteroatoms. The molecule has 2 heterocycles. The van der Waals surface area contributed by atoms with Crippen LogP contribution in [0.5, 0.6) is 0 Å². The van der Waals surface area contributed by atoms with Crippen molar-refractivity contribution in [2.24, 2.45) is 0 Å². The van der Waals surface area contributed by atoms with Crippen LogP contribution in [0.4, 0.5) is 0 Å². The summed E-state index contributed by atoms with van der Waals surface area (Å²) in [5.74, 6) is -0.357. The summed E-state index contributed by atoms with van der Waals surface area (Å²) in [7, 11) is 0. The van der Waals surface area contributed by atoms with Crippen molar-refractivity contribution in [3.05, 3.63) is 11.9 Å². The standard InChI is InChI=1S/C8H12N4O3/c13-7(6-3-10-12-11-6)9-4-8(14)1-2-15-5-8/h3,14H,1-2,4-5H2,(H,9,13)(H,10,11,12). The summed E-state index contributed by atoms with van der Waals surface area (Å²) in [6.07, 6.45) is 1.86. The maximum absolute atomic E-state index is 11.4. The van der Waals surface area contributed by atoms with Crippen LogP contribution in [-0.4, -0.2) is 51.8 Å². The van der Waals surface area contributed by atoms with Crippen LogP contribution >= 0.6 is 0 Å². The van der Waals surface area contributed by atoms with E-state index in [0.29, 0.717) is 13.0 Å². The van der Waals surface area contributed by atoms with Crippen LogP contribution in [0.1, 0.15) is 16.9 Å². The number of rotatable bonds is 3. The summed E-state index contributed by atoms with van der Waals surface area (Å²) in [5, 5.41) is 21.9. The van der Waals surface area contributed by atoms with Crippen molar-refractivity contribution in [2.45, 2.75) is 12.0 Å². The Balaban J connectivity index is 1.85. The first kappa shape index (κ1) is 10.1. The molecule has 0 saturated carbocycles. The normalized spacial score (nSPS) is 25.4. The molecule has 1 saturated heterocycles. The van der Waals surface area contributed by atoms with E-state index in [2.05, 4.69) is 20.7 Å². The Labute approximate surface area is 85.8 Å². The van der Waals surface area contributed by atoms with Gasteiger partial charge in [0.25, 0.3) is 5.91 Å². The monoisotopic (exact) mass is 212 g/mol. The number of nitrogens with one attached hydrogen (secondary N) is 2. The zero-order chi connectivity index (χ0) is 10.7. The van der Waals surface area contributed by atoms with E-state index >= 15 is 0 Å². The number of ether oxygens (including phenoxy) is 1. The second-order valence-electron chi connectivity index (χ2n) is 3.56. The first-order valence-corrected chi connectivity index (χ1v) is 4.64. The van der Waals surface area contributed by atoms with Crippen molar-refractivity contribution in [3.63, 3.8) is 0 Å². The van der Waals surface area contributed by atoms with E-state index in [4.69, 9.17) is 4.74 Å². The molecule has 1 unspecified atom stereocenters. The Morgan fingerprint density at radius 2 is 2.67 bits per heavy atom. The molecule has 82 valence electrons. The van der Waals surface area contributed by atoms with Gasteiger partial charge in [-0.05, 0) is 0 Å². The van der Waals surface area contributed by atoms with Crippen molar-refractivity contribution in [2.75, 3.05) is 19.8 Å². The summed E-state index contributed by atoms with van der Waals surface area (Å²) in [5.41, 5.74) is -0.739. The highest BCUT2D eigenvalue weighted by atomic mass is 16.5. The fourth-order valence-electron chi connectivity index (χ4n) is 1.38. The average molecular weight is 212 g/mol. The molecule has 1 atom stereocenters. The molecule has 15 heavy (non-hydrogen) atoms. The predicted octanol–water partition coefficient (Wildman–Crippen LogP) is -1.31. The van der Waals surface area contributed by atoms with Gasteiger partial charge in [0.05, 0.1) is 12.8 Å². The maximum Gasteiger partial charge on any atom is 0.273 e. The van der Waals surface area contributed by atoms with Gasteiger partial charge in [0, 0.05) is 19.6 Å². The lowest BCUT2D eigenvalue weighted by Crippen LogP contribution is -2.43. The van der Waals surface area contributed by atoms with Crippen LogP contribution in [0.15, 0.2) is 6.20 Å². The molecular weight excluding hydrogens is 200 g/mol. The van der Waals surface area contributed by atoms with Crippen LogP contribution in [0.25, 0.3) is 0 Å². The largest absolute Gasteiger partial charge is 0.386 e. The molecule has 0 aromatic carbocycles. The zero-order valence-corrected chi connectivity index (χ0v) is 8.06. The van der Waals surface area contributed by atoms with E-state index in [-0.39, 0.29) is 24.8 Å². The van der Waals surface area contributed by atoms with Crippen molar-refractivity contribution in [3.8, 4) is 0 Å². The molecule has 1 aliphatic rings. The SMILES string of the molecule is O=C(NCC1(O)CCOC1)c1cn[nH]n1. The molecule has 0 radical (unpaired) electrons. The van der Waals surface area contributed by atoms with Gasteiger partial charge in [-0.25, -0.2) is 0 Å². The van der Waals surface area contributed by atoms with Gasteiger partial charge in [-0.3, -0.25) is 4.79 Å². The fourth-order valence-corrected chi connectivity index (χ4v) is 1.38. The molecule has 0 spiro atoms. The van der Waals surface area contributed by atoms with Gasteiger partial charge >= 0.3 is 0 Å².